The van der Waals surface area contributed by atoms with E-state index in [4.69, 9.17) is 4.98 Å². The van der Waals surface area contributed by atoms with Gasteiger partial charge in [-0.15, -0.1) is 5.10 Å². The Labute approximate surface area is 194 Å². The average molecular weight is 462 g/mol. The fraction of sp³-hybridized carbons (Fsp3) is 0.261. The maximum absolute atomic E-state index is 13.1. The van der Waals surface area contributed by atoms with Gasteiger partial charge in [-0.3, -0.25) is 9.59 Å². The van der Waals surface area contributed by atoms with Crippen LogP contribution in [-0.4, -0.2) is 40.8 Å². The SMILES string of the molecule is Cc1cc(C)n(-c2ccc(=O)n(C(C)C(=O)Nc3ccccc3-c3cn4c(n3)SCC4)n2)n1. The van der Waals surface area contributed by atoms with E-state index in [1.807, 2.05) is 50.4 Å². The van der Waals surface area contributed by atoms with Gasteiger partial charge in [-0.1, -0.05) is 30.0 Å². The molecule has 1 aromatic carbocycles. The molecule has 1 N–H and O–H groups in total. The molecule has 4 heterocycles. The van der Waals surface area contributed by atoms with Crippen LogP contribution in [0.3, 0.4) is 0 Å². The Bertz CT molecular complexity index is 1400. The number of para-hydroxylation sites is 1. The van der Waals surface area contributed by atoms with E-state index in [9.17, 15) is 9.59 Å². The third-order valence-corrected chi connectivity index (χ3v) is 6.52. The van der Waals surface area contributed by atoms with Gasteiger partial charge in [0, 0.05) is 35.8 Å². The van der Waals surface area contributed by atoms with Gasteiger partial charge in [-0.25, -0.2) is 14.3 Å². The van der Waals surface area contributed by atoms with E-state index in [-0.39, 0.29) is 11.5 Å². The Hall–Kier alpha value is -3.66. The fourth-order valence-corrected chi connectivity index (χ4v) is 4.81. The lowest BCUT2D eigenvalue weighted by Crippen LogP contribution is -2.33. The summed E-state index contributed by atoms with van der Waals surface area (Å²) in [5.41, 5.74) is 3.65. The number of carbonyl (C=O) groups excluding carboxylic acids is 1. The maximum atomic E-state index is 13.1. The summed E-state index contributed by atoms with van der Waals surface area (Å²) in [6.45, 7) is 6.38. The topological polar surface area (TPSA) is 99.6 Å². The van der Waals surface area contributed by atoms with Crippen LogP contribution in [0.15, 0.2) is 58.6 Å². The Kier molecular flexibility index (Phi) is 5.37. The summed E-state index contributed by atoms with van der Waals surface area (Å²) in [7, 11) is 0. The molecule has 0 aliphatic carbocycles. The molecule has 168 valence electrons. The monoisotopic (exact) mass is 461 g/mol. The highest BCUT2D eigenvalue weighted by molar-refractivity contribution is 7.99. The normalized spacial score (nSPS) is 13.7. The minimum Gasteiger partial charge on any atom is -0.325 e. The van der Waals surface area contributed by atoms with Gasteiger partial charge in [-0.2, -0.15) is 5.10 Å². The van der Waals surface area contributed by atoms with E-state index in [1.54, 1.807) is 29.4 Å². The number of nitrogens with one attached hydrogen (secondary N) is 1. The van der Waals surface area contributed by atoms with Crippen molar-refractivity contribution in [1.82, 2.24) is 29.1 Å². The van der Waals surface area contributed by atoms with Crippen LogP contribution in [0, 0.1) is 13.8 Å². The largest absolute Gasteiger partial charge is 0.325 e. The predicted molar refractivity (Wildman–Crippen MR) is 127 cm³/mol. The summed E-state index contributed by atoms with van der Waals surface area (Å²) in [5, 5.41) is 12.8. The quantitative estimate of drug-likeness (QED) is 0.490. The molecule has 5 rings (SSSR count). The number of thioether (sulfide) groups is 1. The van der Waals surface area contributed by atoms with Crippen molar-refractivity contribution in [3.8, 4) is 17.1 Å². The third kappa shape index (κ3) is 3.97. The lowest BCUT2D eigenvalue weighted by molar-refractivity contribution is -0.119. The van der Waals surface area contributed by atoms with E-state index < -0.39 is 6.04 Å². The van der Waals surface area contributed by atoms with E-state index in [0.717, 1.165) is 40.1 Å². The van der Waals surface area contributed by atoms with Gasteiger partial charge >= 0.3 is 0 Å². The first-order chi connectivity index (χ1) is 15.9. The molecular weight excluding hydrogens is 438 g/mol. The lowest BCUT2D eigenvalue weighted by Gasteiger charge is -2.16. The highest BCUT2D eigenvalue weighted by atomic mass is 32.2. The zero-order valence-electron chi connectivity index (χ0n) is 18.5. The van der Waals surface area contributed by atoms with Crippen molar-refractivity contribution < 1.29 is 4.79 Å². The molecule has 0 saturated heterocycles. The second-order valence-corrected chi connectivity index (χ2v) is 9.04. The molecule has 4 aromatic rings. The first kappa shape index (κ1) is 21.2. The second kappa shape index (κ2) is 8.36. The summed E-state index contributed by atoms with van der Waals surface area (Å²) in [6.07, 6.45) is 2.01. The molecule has 10 heteroatoms. The number of aryl methyl sites for hydroxylation is 3. The number of fused-ring (bicyclic) bond motifs is 1. The molecule has 33 heavy (non-hydrogen) atoms. The van der Waals surface area contributed by atoms with Crippen LogP contribution in [0.4, 0.5) is 5.69 Å². The summed E-state index contributed by atoms with van der Waals surface area (Å²) >= 11 is 1.72. The molecule has 0 radical (unpaired) electrons. The van der Waals surface area contributed by atoms with Gasteiger partial charge in [0.25, 0.3) is 5.56 Å². The molecule has 1 aliphatic rings. The summed E-state index contributed by atoms with van der Waals surface area (Å²) in [5.74, 6) is 1.16. The number of rotatable bonds is 5. The van der Waals surface area contributed by atoms with Gasteiger partial charge in [0.2, 0.25) is 5.91 Å². The van der Waals surface area contributed by atoms with Crippen LogP contribution in [-0.2, 0) is 11.3 Å². The van der Waals surface area contributed by atoms with Gasteiger partial charge < -0.3 is 9.88 Å². The molecule has 1 aliphatic heterocycles. The number of benzene rings is 1. The molecule has 9 nitrogen and oxygen atoms in total. The minimum absolute atomic E-state index is 0.344. The number of hydrogen-bond acceptors (Lipinski definition) is 6. The Morgan fingerprint density at radius 1 is 1.15 bits per heavy atom. The van der Waals surface area contributed by atoms with Gasteiger partial charge in [0.1, 0.15) is 6.04 Å². The Balaban J connectivity index is 1.43. The van der Waals surface area contributed by atoms with Crippen molar-refractivity contribution in [1.29, 1.82) is 0 Å². The van der Waals surface area contributed by atoms with E-state index in [0.29, 0.717) is 11.5 Å². The summed E-state index contributed by atoms with van der Waals surface area (Å²) in [6, 6.07) is 11.6. The van der Waals surface area contributed by atoms with Crippen LogP contribution in [0.2, 0.25) is 0 Å². The smallest absolute Gasteiger partial charge is 0.267 e. The molecule has 0 bridgehead atoms. The van der Waals surface area contributed by atoms with Crippen LogP contribution >= 0.6 is 11.8 Å². The third-order valence-electron chi connectivity index (χ3n) is 5.55. The molecule has 1 amide bonds. The standard InChI is InChI=1S/C23H23N7O2S/c1-14-12-15(2)29(26-14)20-8-9-21(31)30(27-20)16(3)22(32)24-18-7-5-4-6-17(18)19-13-28-10-11-33-23(28)25-19/h4-9,12-13,16H,10-11H2,1-3H3,(H,24,32). The zero-order valence-corrected chi connectivity index (χ0v) is 19.3. The number of imidazole rings is 1. The molecule has 1 unspecified atom stereocenters. The van der Waals surface area contributed by atoms with Crippen LogP contribution in [0.1, 0.15) is 24.4 Å². The molecule has 0 fully saturated rings. The fourth-order valence-electron chi connectivity index (χ4n) is 3.87. The molecule has 3 aromatic heterocycles. The van der Waals surface area contributed by atoms with Crippen molar-refractivity contribution in [2.75, 3.05) is 11.1 Å². The molecule has 0 saturated carbocycles. The Morgan fingerprint density at radius 3 is 2.73 bits per heavy atom. The van der Waals surface area contributed by atoms with Gasteiger partial charge in [0.15, 0.2) is 11.0 Å². The number of aromatic nitrogens is 6. The van der Waals surface area contributed by atoms with Crippen LogP contribution < -0.4 is 10.9 Å². The predicted octanol–water partition coefficient (Wildman–Crippen LogP) is 3.21. The minimum atomic E-state index is -0.829. The number of amides is 1. The van der Waals surface area contributed by atoms with E-state index in [2.05, 4.69) is 20.1 Å². The van der Waals surface area contributed by atoms with Crippen LogP contribution in [0.25, 0.3) is 17.1 Å². The van der Waals surface area contributed by atoms with E-state index in [1.165, 1.54) is 10.7 Å². The Morgan fingerprint density at radius 2 is 1.97 bits per heavy atom. The first-order valence-corrected chi connectivity index (χ1v) is 11.6. The molecule has 0 spiro atoms. The van der Waals surface area contributed by atoms with Gasteiger partial charge in [0.05, 0.1) is 17.1 Å². The highest BCUT2D eigenvalue weighted by Gasteiger charge is 2.22. The molecule has 1 atom stereocenters. The number of anilines is 1. The molecular formula is C23H23N7O2S. The van der Waals surface area contributed by atoms with Crippen molar-refractivity contribution in [2.24, 2.45) is 0 Å². The number of nitrogens with zero attached hydrogens (tertiary/aromatic N) is 6. The summed E-state index contributed by atoms with van der Waals surface area (Å²) < 4.78 is 4.96. The van der Waals surface area contributed by atoms with E-state index >= 15 is 0 Å². The maximum Gasteiger partial charge on any atom is 0.267 e. The first-order valence-electron chi connectivity index (χ1n) is 10.6. The highest BCUT2D eigenvalue weighted by Crippen LogP contribution is 2.32. The van der Waals surface area contributed by atoms with Crippen molar-refractivity contribution in [3.05, 3.63) is 70.4 Å². The zero-order chi connectivity index (χ0) is 23.1. The lowest BCUT2D eigenvalue weighted by atomic mass is 10.1. The van der Waals surface area contributed by atoms with Crippen molar-refractivity contribution in [3.63, 3.8) is 0 Å². The van der Waals surface area contributed by atoms with Crippen LogP contribution in [0.5, 0.6) is 0 Å². The van der Waals surface area contributed by atoms with Crippen molar-refractivity contribution in [2.45, 2.75) is 38.5 Å². The number of carbonyl (C=O) groups is 1. The van der Waals surface area contributed by atoms with Crippen molar-refractivity contribution >= 4 is 23.4 Å². The second-order valence-electron chi connectivity index (χ2n) is 7.97. The average Bonchev–Trinajstić information content (AvgIpc) is 3.49. The summed E-state index contributed by atoms with van der Waals surface area (Å²) in [4.78, 5) is 30.4. The number of hydrogen-bond donors (Lipinski definition) is 1. The van der Waals surface area contributed by atoms with Gasteiger partial charge in [-0.05, 0) is 39.0 Å².